The van der Waals surface area contributed by atoms with E-state index in [2.05, 4.69) is 21.3 Å². The third-order valence-electron chi connectivity index (χ3n) is 5.22. The highest BCUT2D eigenvalue weighted by atomic mass is 35.5. The second-order valence-electron chi connectivity index (χ2n) is 6.93. The summed E-state index contributed by atoms with van der Waals surface area (Å²) >= 11 is 5.90. The molecule has 1 N–H and O–H groups in total. The molecular formula is C20H24ClN3O. The van der Waals surface area contributed by atoms with Gasteiger partial charge in [-0.05, 0) is 62.2 Å². The maximum absolute atomic E-state index is 5.90. The van der Waals surface area contributed by atoms with E-state index in [4.69, 9.17) is 16.3 Å². The van der Waals surface area contributed by atoms with Crippen molar-refractivity contribution >= 4 is 11.6 Å². The minimum absolute atomic E-state index is 0.347. The van der Waals surface area contributed by atoms with Gasteiger partial charge in [0.05, 0.1) is 0 Å². The number of ether oxygens (including phenoxy) is 1. The van der Waals surface area contributed by atoms with Crippen molar-refractivity contribution in [1.82, 2.24) is 15.2 Å². The third kappa shape index (κ3) is 4.14. The second kappa shape index (κ2) is 7.73. The van der Waals surface area contributed by atoms with E-state index in [1.54, 1.807) is 0 Å². The van der Waals surface area contributed by atoms with E-state index in [-0.39, 0.29) is 0 Å². The van der Waals surface area contributed by atoms with Gasteiger partial charge in [0.15, 0.2) is 0 Å². The first-order valence-electron chi connectivity index (χ1n) is 9.15. The quantitative estimate of drug-likeness (QED) is 0.879. The number of nitrogens with zero attached hydrogens (tertiary/aromatic N) is 2. The van der Waals surface area contributed by atoms with E-state index in [1.165, 1.54) is 37.8 Å². The van der Waals surface area contributed by atoms with Crippen LogP contribution in [0.3, 0.4) is 0 Å². The number of rotatable bonds is 4. The van der Waals surface area contributed by atoms with Gasteiger partial charge in [-0.1, -0.05) is 24.1 Å². The zero-order chi connectivity index (χ0) is 17.1. The van der Waals surface area contributed by atoms with Crippen LogP contribution >= 0.6 is 11.6 Å². The zero-order valence-corrected chi connectivity index (χ0v) is 15.1. The molecule has 2 heterocycles. The highest BCUT2D eigenvalue weighted by Gasteiger charge is 2.28. The average Bonchev–Trinajstić information content (AvgIpc) is 2.82. The normalized spacial score (nSPS) is 22.2. The molecule has 2 fully saturated rings. The molecule has 1 unspecified atom stereocenters. The van der Waals surface area contributed by atoms with Crippen LogP contribution in [-0.4, -0.2) is 35.6 Å². The molecule has 132 valence electrons. The Kier molecular flexibility index (Phi) is 5.20. The Morgan fingerprint density at radius 1 is 1.08 bits per heavy atom. The smallest absolute Gasteiger partial charge is 0.219 e. The fourth-order valence-electron chi connectivity index (χ4n) is 3.54. The van der Waals surface area contributed by atoms with Gasteiger partial charge < -0.3 is 10.1 Å². The topological polar surface area (TPSA) is 37.4 Å². The molecule has 1 saturated carbocycles. The molecule has 2 aromatic rings. The summed E-state index contributed by atoms with van der Waals surface area (Å²) in [6.07, 6.45) is 7.26. The molecule has 0 spiro atoms. The van der Waals surface area contributed by atoms with Gasteiger partial charge >= 0.3 is 0 Å². The van der Waals surface area contributed by atoms with Gasteiger partial charge in [0.2, 0.25) is 5.88 Å². The summed E-state index contributed by atoms with van der Waals surface area (Å²) in [6, 6.07) is 12.5. The van der Waals surface area contributed by atoms with Crippen molar-refractivity contribution in [2.75, 3.05) is 19.6 Å². The van der Waals surface area contributed by atoms with E-state index in [9.17, 15) is 0 Å². The highest BCUT2D eigenvalue weighted by molar-refractivity contribution is 6.30. The first kappa shape index (κ1) is 16.8. The van der Waals surface area contributed by atoms with E-state index >= 15 is 0 Å². The van der Waals surface area contributed by atoms with Crippen LogP contribution in [0.1, 0.15) is 37.3 Å². The standard InChI is InChI=1S/C20H24ClN3O/c21-16-6-8-18(9-7-16)25-20-10-5-15(13-23-20)19-14-24(12-2-11-22-19)17-3-1-4-17/h5-10,13,17,19,22H,1-4,11-12,14H2. The summed E-state index contributed by atoms with van der Waals surface area (Å²) in [6.45, 7) is 3.35. The van der Waals surface area contributed by atoms with Crippen LogP contribution in [0, 0.1) is 0 Å². The fraction of sp³-hybridized carbons (Fsp3) is 0.450. The predicted molar refractivity (Wildman–Crippen MR) is 100 cm³/mol. The molecule has 1 saturated heterocycles. The van der Waals surface area contributed by atoms with Gasteiger partial charge in [0.1, 0.15) is 5.75 Å². The molecule has 1 aliphatic carbocycles. The van der Waals surface area contributed by atoms with Crippen molar-refractivity contribution in [3.63, 3.8) is 0 Å². The summed E-state index contributed by atoms with van der Waals surface area (Å²) in [7, 11) is 0. The first-order chi connectivity index (χ1) is 12.3. The minimum atomic E-state index is 0.347. The van der Waals surface area contributed by atoms with Crippen LogP contribution in [0.5, 0.6) is 11.6 Å². The van der Waals surface area contributed by atoms with E-state index in [0.29, 0.717) is 16.9 Å². The zero-order valence-electron chi connectivity index (χ0n) is 14.3. The fourth-order valence-corrected chi connectivity index (χ4v) is 3.66. The maximum Gasteiger partial charge on any atom is 0.219 e. The van der Waals surface area contributed by atoms with Crippen LogP contribution in [0.25, 0.3) is 0 Å². The third-order valence-corrected chi connectivity index (χ3v) is 5.47. The first-order valence-corrected chi connectivity index (χ1v) is 9.52. The molecule has 0 amide bonds. The number of pyridine rings is 1. The monoisotopic (exact) mass is 357 g/mol. The number of hydrogen-bond donors (Lipinski definition) is 1. The second-order valence-corrected chi connectivity index (χ2v) is 7.36. The van der Waals surface area contributed by atoms with Crippen molar-refractivity contribution in [1.29, 1.82) is 0 Å². The molecule has 4 rings (SSSR count). The van der Waals surface area contributed by atoms with Gasteiger partial charge in [-0.2, -0.15) is 0 Å². The molecular weight excluding hydrogens is 334 g/mol. The molecule has 1 atom stereocenters. The van der Waals surface area contributed by atoms with Gasteiger partial charge in [0, 0.05) is 35.9 Å². The minimum Gasteiger partial charge on any atom is -0.439 e. The average molecular weight is 358 g/mol. The lowest BCUT2D eigenvalue weighted by molar-refractivity contribution is 0.125. The molecule has 1 aromatic carbocycles. The number of benzene rings is 1. The Morgan fingerprint density at radius 3 is 2.60 bits per heavy atom. The lowest BCUT2D eigenvalue weighted by Crippen LogP contribution is -2.42. The molecule has 0 radical (unpaired) electrons. The van der Waals surface area contributed by atoms with Crippen molar-refractivity contribution in [3.05, 3.63) is 53.2 Å². The number of halogens is 1. The largest absolute Gasteiger partial charge is 0.439 e. The molecule has 4 nitrogen and oxygen atoms in total. The van der Waals surface area contributed by atoms with E-state index < -0.39 is 0 Å². The summed E-state index contributed by atoms with van der Waals surface area (Å²) < 4.78 is 5.79. The van der Waals surface area contributed by atoms with Crippen LogP contribution in [0.15, 0.2) is 42.6 Å². The van der Waals surface area contributed by atoms with Crippen LogP contribution < -0.4 is 10.1 Å². The summed E-state index contributed by atoms with van der Waals surface area (Å²) in [4.78, 5) is 7.15. The number of hydrogen-bond acceptors (Lipinski definition) is 4. The van der Waals surface area contributed by atoms with Crippen molar-refractivity contribution in [3.8, 4) is 11.6 Å². The SMILES string of the molecule is Clc1ccc(Oc2ccc(C3CN(C4CCC4)CCCN3)cn2)cc1. The Labute approximate surface area is 154 Å². The van der Waals surface area contributed by atoms with Gasteiger partial charge in [-0.15, -0.1) is 0 Å². The van der Waals surface area contributed by atoms with Crippen molar-refractivity contribution in [2.45, 2.75) is 37.8 Å². The van der Waals surface area contributed by atoms with Gasteiger partial charge in [-0.25, -0.2) is 4.98 Å². The Bertz CT molecular complexity index is 685. The van der Waals surface area contributed by atoms with Crippen LogP contribution in [0.4, 0.5) is 0 Å². The van der Waals surface area contributed by atoms with Gasteiger partial charge in [0.25, 0.3) is 0 Å². The molecule has 0 bridgehead atoms. The maximum atomic E-state index is 5.90. The summed E-state index contributed by atoms with van der Waals surface area (Å²) in [5.41, 5.74) is 1.23. The van der Waals surface area contributed by atoms with Crippen molar-refractivity contribution < 1.29 is 4.74 Å². The number of nitrogens with one attached hydrogen (secondary N) is 1. The molecule has 1 aliphatic heterocycles. The Hall–Kier alpha value is -1.62. The highest BCUT2D eigenvalue weighted by Crippen LogP contribution is 2.29. The summed E-state index contributed by atoms with van der Waals surface area (Å²) in [5, 5.41) is 4.37. The van der Waals surface area contributed by atoms with Gasteiger partial charge in [-0.3, -0.25) is 4.90 Å². The van der Waals surface area contributed by atoms with E-state index in [0.717, 1.165) is 24.9 Å². The van der Waals surface area contributed by atoms with Crippen molar-refractivity contribution in [2.24, 2.45) is 0 Å². The van der Waals surface area contributed by atoms with Crippen LogP contribution in [0.2, 0.25) is 5.02 Å². The lowest BCUT2D eigenvalue weighted by Gasteiger charge is -2.38. The summed E-state index contributed by atoms with van der Waals surface area (Å²) in [5.74, 6) is 1.35. The molecule has 5 heteroatoms. The molecule has 2 aliphatic rings. The number of aromatic nitrogens is 1. The Morgan fingerprint density at radius 2 is 1.92 bits per heavy atom. The predicted octanol–water partition coefficient (Wildman–Crippen LogP) is 4.42. The molecule has 25 heavy (non-hydrogen) atoms. The lowest BCUT2D eigenvalue weighted by atomic mass is 9.91. The van der Waals surface area contributed by atoms with Crippen LogP contribution in [-0.2, 0) is 0 Å². The van der Waals surface area contributed by atoms with E-state index in [1.807, 2.05) is 36.5 Å². The Balaban J connectivity index is 1.42. The molecule has 1 aromatic heterocycles.